The van der Waals surface area contributed by atoms with Crippen molar-refractivity contribution in [1.82, 2.24) is 0 Å². The van der Waals surface area contributed by atoms with Gasteiger partial charge in [-0.2, -0.15) is 0 Å². The van der Waals surface area contributed by atoms with E-state index in [1.165, 1.54) is 24.8 Å². The normalized spacial score (nSPS) is 11.3. The molecule has 4 aromatic carbocycles. The summed E-state index contributed by atoms with van der Waals surface area (Å²) in [6.07, 6.45) is 0. The fourth-order valence-corrected chi connectivity index (χ4v) is 8.90. The van der Waals surface area contributed by atoms with Crippen LogP contribution in [0.5, 0.6) is 0 Å². The molecule has 0 atom stereocenters. The van der Waals surface area contributed by atoms with Crippen molar-refractivity contribution in [2.75, 3.05) is 0 Å². The van der Waals surface area contributed by atoms with Gasteiger partial charge in [-0.1, -0.05) is 0 Å². The van der Waals surface area contributed by atoms with Crippen LogP contribution in [0.2, 0.25) is 0 Å². The summed E-state index contributed by atoms with van der Waals surface area (Å²) in [5.74, 6) is 0. The van der Waals surface area contributed by atoms with Gasteiger partial charge in [0.1, 0.15) is 0 Å². The van der Waals surface area contributed by atoms with Crippen molar-refractivity contribution in [3.05, 3.63) is 115 Å². The van der Waals surface area contributed by atoms with Crippen molar-refractivity contribution in [2.45, 2.75) is 0 Å². The third-order valence-corrected chi connectivity index (χ3v) is 10.5. The topological polar surface area (TPSA) is 0 Å². The van der Waals surface area contributed by atoms with Gasteiger partial charge in [-0.3, -0.25) is 0 Å². The summed E-state index contributed by atoms with van der Waals surface area (Å²) in [6, 6.07) is 42.2. The molecule has 0 heterocycles. The number of hydrogen-bond acceptors (Lipinski definition) is 0. The van der Waals surface area contributed by atoms with Crippen LogP contribution in [-0.2, 0) is 18.9 Å². The van der Waals surface area contributed by atoms with Gasteiger partial charge in [-0.05, 0) is 0 Å². The molecule has 0 spiro atoms. The van der Waals surface area contributed by atoms with E-state index >= 15 is 0 Å². The molecular weight excluding hydrogens is 509 g/mol. The molecule has 4 aromatic rings. The molecule has 0 aromatic heterocycles. The zero-order chi connectivity index (χ0) is 17.8. The predicted molar refractivity (Wildman–Crippen MR) is 110 cm³/mol. The Bertz CT molecular complexity index is 868. The molecule has 0 amide bonds. The molecule has 0 aliphatic carbocycles. The molecular formula is C24H19IrSi. The first-order valence-electron chi connectivity index (χ1n) is 8.72. The average Bonchev–Trinajstić information content (AvgIpc) is 2.72. The van der Waals surface area contributed by atoms with Gasteiger partial charge in [-0.25, -0.2) is 0 Å². The summed E-state index contributed by atoms with van der Waals surface area (Å²) >= 11 is 2.15. The molecule has 4 rings (SSSR count). The number of rotatable bonds is 4. The summed E-state index contributed by atoms with van der Waals surface area (Å²) in [5.41, 5.74) is 0. The van der Waals surface area contributed by atoms with E-state index < -0.39 is 8.07 Å². The van der Waals surface area contributed by atoms with Gasteiger partial charge in [0.2, 0.25) is 0 Å². The first-order chi connectivity index (χ1) is 12.8. The minimum atomic E-state index is -2.32. The van der Waals surface area contributed by atoms with E-state index in [0.717, 1.165) is 0 Å². The van der Waals surface area contributed by atoms with Crippen LogP contribution in [0.15, 0.2) is 115 Å². The third kappa shape index (κ3) is 3.01. The summed E-state index contributed by atoms with van der Waals surface area (Å²) < 4.78 is 1.30. The quantitative estimate of drug-likeness (QED) is 0.282. The van der Waals surface area contributed by atoms with E-state index in [1.807, 2.05) is 0 Å². The van der Waals surface area contributed by atoms with E-state index in [2.05, 4.69) is 134 Å². The molecule has 0 saturated heterocycles. The number of benzene rings is 4. The van der Waals surface area contributed by atoms with Crippen molar-refractivity contribution >= 4 is 32.9 Å². The van der Waals surface area contributed by atoms with Gasteiger partial charge in [0.25, 0.3) is 0 Å². The Morgan fingerprint density at radius 1 is 0.385 bits per heavy atom. The van der Waals surface area contributed by atoms with Crippen molar-refractivity contribution in [1.29, 1.82) is 0 Å². The van der Waals surface area contributed by atoms with E-state index in [9.17, 15) is 0 Å². The third-order valence-electron chi connectivity index (χ3n) is 4.88. The molecule has 0 N–H and O–H groups in total. The van der Waals surface area contributed by atoms with Gasteiger partial charge >= 0.3 is 167 Å². The van der Waals surface area contributed by atoms with Gasteiger partial charge in [0.05, 0.1) is 0 Å². The zero-order valence-corrected chi connectivity index (χ0v) is 17.7. The zero-order valence-electron chi connectivity index (χ0n) is 14.3. The average molecular weight is 528 g/mol. The molecule has 128 valence electrons. The summed E-state index contributed by atoms with van der Waals surface area (Å²) in [5, 5.41) is 5.68. The maximum atomic E-state index is 2.33. The van der Waals surface area contributed by atoms with Crippen molar-refractivity contribution < 1.29 is 18.9 Å². The van der Waals surface area contributed by atoms with Crippen LogP contribution in [0.4, 0.5) is 0 Å². The number of hydrogen-bond donors (Lipinski definition) is 0. The fourth-order valence-electron chi connectivity index (χ4n) is 3.76. The predicted octanol–water partition coefficient (Wildman–Crippen LogP) is 2.24. The first kappa shape index (κ1) is 17.2. The monoisotopic (exact) mass is 528 g/mol. The summed E-state index contributed by atoms with van der Waals surface area (Å²) in [6.45, 7) is 0. The molecule has 0 aliphatic heterocycles. The molecule has 2 heteroatoms. The van der Waals surface area contributed by atoms with E-state index in [0.29, 0.717) is 0 Å². The van der Waals surface area contributed by atoms with Crippen LogP contribution in [0.3, 0.4) is 0 Å². The Morgan fingerprint density at radius 2 is 0.692 bits per heavy atom. The molecule has 0 unspecified atom stereocenters. The Morgan fingerprint density at radius 3 is 1.04 bits per heavy atom. The van der Waals surface area contributed by atoms with Gasteiger partial charge in [0.15, 0.2) is 0 Å². The molecule has 26 heavy (non-hydrogen) atoms. The second-order valence-corrected chi connectivity index (χ2v) is 11.5. The second-order valence-electron chi connectivity index (χ2n) is 6.33. The first-order valence-corrected chi connectivity index (χ1v) is 11.9. The van der Waals surface area contributed by atoms with Gasteiger partial charge in [-0.15, -0.1) is 0 Å². The summed E-state index contributed by atoms with van der Waals surface area (Å²) in [4.78, 5) is 0. The van der Waals surface area contributed by atoms with Crippen LogP contribution in [0, 0.1) is 0 Å². The standard InChI is InChI=1S/C24H19Si.Ir/c1-5-13-21(14-6-1)25(22-15-7-2-8-16-22,23-17-9-3-10-18-23)24-19-11-4-12-20-24;/h1-3,5-20H;. The second kappa shape index (κ2) is 7.55. The Balaban J connectivity index is 2.12. The SMILES string of the molecule is [Ir][c]1ccc([Si](c2ccccc2)(c2ccccc2)c2ccccc2)cc1. The van der Waals surface area contributed by atoms with E-state index in [-0.39, 0.29) is 0 Å². The fraction of sp³-hybridized carbons (Fsp3) is 0. The van der Waals surface area contributed by atoms with E-state index in [1.54, 1.807) is 0 Å². The molecule has 0 bridgehead atoms. The molecule has 0 fully saturated rings. The van der Waals surface area contributed by atoms with Crippen LogP contribution >= 0.6 is 0 Å². The molecule has 0 saturated carbocycles. The van der Waals surface area contributed by atoms with Crippen molar-refractivity contribution in [2.24, 2.45) is 0 Å². The Hall–Kier alpha value is -2.25. The minimum absolute atomic E-state index is 1.30. The van der Waals surface area contributed by atoms with Crippen molar-refractivity contribution in [3.63, 3.8) is 0 Å². The van der Waals surface area contributed by atoms with Crippen LogP contribution in [0.25, 0.3) is 0 Å². The van der Waals surface area contributed by atoms with Crippen molar-refractivity contribution in [3.8, 4) is 0 Å². The van der Waals surface area contributed by atoms with Crippen LogP contribution in [-0.4, -0.2) is 8.07 Å². The maximum absolute atomic E-state index is 2.33. The van der Waals surface area contributed by atoms with Crippen LogP contribution < -0.4 is 24.8 Å². The summed E-state index contributed by atoms with van der Waals surface area (Å²) in [7, 11) is -2.32. The van der Waals surface area contributed by atoms with Gasteiger partial charge < -0.3 is 0 Å². The van der Waals surface area contributed by atoms with Gasteiger partial charge in [0, 0.05) is 0 Å². The van der Waals surface area contributed by atoms with E-state index in [4.69, 9.17) is 0 Å². The Kier molecular flexibility index (Phi) is 4.99. The molecule has 0 radical (unpaired) electrons. The Labute approximate surface area is 166 Å². The van der Waals surface area contributed by atoms with Crippen LogP contribution in [0.1, 0.15) is 0 Å². The molecule has 0 nitrogen and oxygen atoms in total. The molecule has 0 aliphatic rings.